The minimum Gasteiger partial charge on any atom is -0.307 e. The smallest absolute Gasteiger partial charge is 0.0302 e. The molecule has 1 unspecified atom stereocenters. The van der Waals surface area contributed by atoms with Crippen molar-refractivity contribution >= 4 is 11.3 Å². The Labute approximate surface area is 96.3 Å². The summed E-state index contributed by atoms with van der Waals surface area (Å²) < 4.78 is 0. The minimum atomic E-state index is 0.504. The lowest BCUT2D eigenvalue weighted by Gasteiger charge is -2.31. The number of nitrogens with one attached hydrogen (secondary N) is 1. The van der Waals surface area contributed by atoms with Crippen molar-refractivity contribution in [1.82, 2.24) is 10.2 Å². The van der Waals surface area contributed by atoms with Crippen LogP contribution in [0, 0.1) is 0 Å². The third-order valence-electron chi connectivity index (χ3n) is 3.25. The number of piperidine rings is 1. The Hall–Kier alpha value is -0.380. The molecule has 84 valence electrons. The van der Waals surface area contributed by atoms with Crippen molar-refractivity contribution in [2.45, 2.75) is 31.8 Å². The first-order chi connectivity index (χ1) is 7.25. The summed E-state index contributed by atoms with van der Waals surface area (Å²) in [6, 6.07) is 3.43. The van der Waals surface area contributed by atoms with E-state index in [2.05, 4.69) is 41.0 Å². The summed E-state index contributed by atoms with van der Waals surface area (Å²) in [5.41, 5.74) is 1.43. The van der Waals surface area contributed by atoms with Crippen molar-refractivity contribution in [3.8, 4) is 0 Å². The molecule has 0 aromatic carbocycles. The molecule has 15 heavy (non-hydrogen) atoms. The molecule has 2 nitrogen and oxygen atoms in total. The van der Waals surface area contributed by atoms with Crippen LogP contribution in [0.1, 0.15) is 31.4 Å². The maximum absolute atomic E-state index is 3.72. The molecule has 3 heteroatoms. The van der Waals surface area contributed by atoms with Crippen LogP contribution in [0.3, 0.4) is 0 Å². The molecule has 0 aliphatic carbocycles. The van der Waals surface area contributed by atoms with Gasteiger partial charge in [-0.3, -0.25) is 0 Å². The largest absolute Gasteiger partial charge is 0.307 e. The number of rotatable bonds is 3. The van der Waals surface area contributed by atoms with Gasteiger partial charge in [0.25, 0.3) is 0 Å². The fourth-order valence-corrected chi connectivity index (χ4v) is 2.90. The number of likely N-dealkylation sites (tertiary alicyclic amines) is 1. The number of hydrogen-bond acceptors (Lipinski definition) is 3. The maximum Gasteiger partial charge on any atom is 0.0302 e. The molecular formula is C12H20N2S. The van der Waals surface area contributed by atoms with Crippen LogP contribution in [-0.2, 0) is 0 Å². The Kier molecular flexibility index (Phi) is 3.78. The Balaban J connectivity index is 1.82. The van der Waals surface area contributed by atoms with E-state index < -0.39 is 0 Å². The highest BCUT2D eigenvalue weighted by Crippen LogP contribution is 2.18. The van der Waals surface area contributed by atoms with Crippen molar-refractivity contribution < 1.29 is 0 Å². The van der Waals surface area contributed by atoms with Gasteiger partial charge in [-0.2, -0.15) is 11.3 Å². The van der Waals surface area contributed by atoms with E-state index in [-0.39, 0.29) is 0 Å². The first-order valence-corrected chi connectivity index (χ1v) is 6.66. The highest BCUT2D eigenvalue weighted by molar-refractivity contribution is 7.07. The molecule has 1 atom stereocenters. The molecule has 0 saturated carbocycles. The van der Waals surface area contributed by atoms with Crippen LogP contribution in [0.4, 0.5) is 0 Å². The van der Waals surface area contributed by atoms with Gasteiger partial charge in [0, 0.05) is 12.1 Å². The van der Waals surface area contributed by atoms with Gasteiger partial charge in [-0.15, -0.1) is 0 Å². The standard InChI is InChI=1S/C12H20N2S/c1-10(11-5-8-15-9-11)13-12-3-6-14(2)7-4-12/h5,8-10,12-13H,3-4,6-7H2,1-2H3. The molecule has 2 heterocycles. The van der Waals surface area contributed by atoms with E-state index in [4.69, 9.17) is 0 Å². The first-order valence-electron chi connectivity index (χ1n) is 5.72. The van der Waals surface area contributed by atoms with E-state index in [0.717, 1.165) is 0 Å². The second-order valence-corrected chi connectivity index (χ2v) is 5.30. The van der Waals surface area contributed by atoms with Crippen LogP contribution in [-0.4, -0.2) is 31.1 Å². The molecule has 1 fully saturated rings. The second kappa shape index (κ2) is 5.10. The van der Waals surface area contributed by atoms with Crippen LogP contribution in [0.5, 0.6) is 0 Å². The Morgan fingerprint density at radius 1 is 1.47 bits per heavy atom. The Morgan fingerprint density at radius 3 is 2.80 bits per heavy atom. The first kappa shape index (κ1) is 11.1. The van der Waals surface area contributed by atoms with Crippen molar-refractivity contribution in [2.24, 2.45) is 0 Å². The molecule has 2 rings (SSSR count). The summed E-state index contributed by atoms with van der Waals surface area (Å²) in [6.45, 7) is 4.72. The van der Waals surface area contributed by atoms with E-state index in [1.165, 1.54) is 31.5 Å². The molecule has 0 amide bonds. The molecule has 0 spiro atoms. The zero-order valence-electron chi connectivity index (χ0n) is 9.57. The van der Waals surface area contributed by atoms with Gasteiger partial charge in [0.05, 0.1) is 0 Å². The van der Waals surface area contributed by atoms with Crippen LogP contribution in [0.2, 0.25) is 0 Å². The number of hydrogen-bond donors (Lipinski definition) is 1. The van der Waals surface area contributed by atoms with Gasteiger partial charge in [0.15, 0.2) is 0 Å². The normalized spacial score (nSPS) is 21.7. The second-order valence-electron chi connectivity index (χ2n) is 4.52. The van der Waals surface area contributed by atoms with Gasteiger partial charge in [-0.05, 0) is 62.3 Å². The zero-order chi connectivity index (χ0) is 10.7. The average molecular weight is 224 g/mol. The van der Waals surface area contributed by atoms with Crippen molar-refractivity contribution in [3.05, 3.63) is 22.4 Å². The average Bonchev–Trinajstić information content (AvgIpc) is 2.74. The molecule has 0 bridgehead atoms. The topological polar surface area (TPSA) is 15.3 Å². The van der Waals surface area contributed by atoms with Crippen LogP contribution in [0.25, 0.3) is 0 Å². The van der Waals surface area contributed by atoms with E-state index in [0.29, 0.717) is 12.1 Å². The van der Waals surface area contributed by atoms with Gasteiger partial charge in [-0.1, -0.05) is 0 Å². The highest BCUT2D eigenvalue weighted by Gasteiger charge is 2.18. The maximum atomic E-state index is 3.72. The quantitative estimate of drug-likeness (QED) is 0.848. The molecule has 1 aromatic heterocycles. The van der Waals surface area contributed by atoms with Crippen molar-refractivity contribution in [1.29, 1.82) is 0 Å². The van der Waals surface area contributed by atoms with E-state index in [1.54, 1.807) is 11.3 Å². The molecule has 1 saturated heterocycles. The van der Waals surface area contributed by atoms with Crippen LogP contribution < -0.4 is 5.32 Å². The Morgan fingerprint density at radius 2 is 2.20 bits per heavy atom. The van der Waals surface area contributed by atoms with E-state index in [9.17, 15) is 0 Å². The molecule has 1 aromatic rings. The monoisotopic (exact) mass is 224 g/mol. The minimum absolute atomic E-state index is 0.504. The zero-order valence-corrected chi connectivity index (χ0v) is 10.4. The summed E-state index contributed by atoms with van der Waals surface area (Å²) in [4.78, 5) is 2.41. The molecule has 0 radical (unpaired) electrons. The van der Waals surface area contributed by atoms with Crippen molar-refractivity contribution in [2.75, 3.05) is 20.1 Å². The van der Waals surface area contributed by atoms with Gasteiger partial charge in [0.2, 0.25) is 0 Å². The van der Waals surface area contributed by atoms with E-state index >= 15 is 0 Å². The molecular weight excluding hydrogens is 204 g/mol. The SMILES string of the molecule is CC(NC1CCN(C)CC1)c1ccsc1. The van der Waals surface area contributed by atoms with Gasteiger partial charge in [0.1, 0.15) is 0 Å². The summed E-state index contributed by atoms with van der Waals surface area (Å²) >= 11 is 1.78. The third-order valence-corrected chi connectivity index (χ3v) is 3.95. The summed E-state index contributed by atoms with van der Waals surface area (Å²) in [7, 11) is 2.21. The lowest BCUT2D eigenvalue weighted by molar-refractivity contribution is 0.227. The van der Waals surface area contributed by atoms with Gasteiger partial charge in [-0.25, -0.2) is 0 Å². The lowest BCUT2D eigenvalue weighted by atomic mass is 10.0. The number of nitrogens with zero attached hydrogens (tertiary/aromatic N) is 1. The predicted octanol–water partition coefficient (Wildman–Crippen LogP) is 2.49. The highest BCUT2D eigenvalue weighted by atomic mass is 32.1. The number of thiophene rings is 1. The van der Waals surface area contributed by atoms with Crippen LogP contribution >= 0.6 is 11.3 Å². The van der Waals surface area contributed by atoms with Gasteiger partial charge < -0.3 is 10.2 Å². The fraction of sp³-hybridized carbons (Fsp3) is 0.667. The summed E-state index contributed by atoms with van der Waals surface area (Å²) in [6.07, 6.45) is 2.57. The summed E-state index contributed by atoms with van der Waals surface area (Å²) in [5.74, 6) is 0. The predicted molar refractivity (Wildman–Crippen MR) is 66.4 cm³/mol. The lowest BCUT2D eigenvalue weighted by Crippen LogP contribution is -2.41. The van der Waals surface area contributed by atoms with Crippen LogP contribution in [0.15, 0.2) is 16.8 Å². The fourth-order valence-electron chi connectivity index (χ4n) is 2.15. The molecule has 1 N–H and O–H groups in total. The molecule has 1 aliphatic heterocycles. The summed E-state index contributed by atoms with van der Waals surface area (Å²) in [5, 5.41) is 8.12. The molecule has 1 aliphatic rings. The van der Waals surface area contributed by atoms with E-state index in [1.807, 2.05) is 0 Å². The Bertz CT molecular complexity index is 276. The van der Waals surface area contributed by atoms with Crippen molar-refractivity contribution in [3.63, 3.8) is 0 Å². The van der Waals surface area contributed by atoms with Gasteiger partial charge >= 0.3 is 0 Å². The third kappa shape index (κ3) is 3.03.